The largest absolute Gasteiger partial charge is 0.346 e. The van der Waals surface area contributed by atoms with Crippen LogP contribution < -0.4 is 10.2 Å². The van der Waals surface area contributed by atoms with Crippen LogP contribution in [0.15, 0.2) is 29.4 Å². The molecular formula is C23H29N7OS2. The number of aryl methyl sites for hydroxylation is 1. The van der Waals surface area contributed by atoms with Crippen molar-refractivity contribution >= 4 is 35.0 Å². The van der Waals surface area contributed by atoms with E-state index in [1.165, 1.54) is 42.6 Å². The highest BCUT2D eigenvalue weighted by atomic mass is 32.2. The van der Waals surface area contributed by atoms with Gasteiger partial charge in [0.25, 0.3) is 5.91 Å². The average molecular weight is 484 g/mol. The summed E-state index contributed by atoms with van der Waals surface area (Å²) in [4.78, 5) is 14.9. The topological polar surface area (TPSA) is 88.8 Å². The Morgan fingerprint density at radius 2 is 1.85 bits per heavy atom. The zero-order valence-corrected chi connectivity index (χ0v) is 20.7. The normalized spacial score (nSPS) is 16.8. The van der Waals surface area contributed by atoms with E-state index < -0.39 is 0 Å². The Kier molecular flexibility index (Phi) is 6.64. The summed E-state index contributed by atoms with van der Waals surface area (Å²) in [5, 5.41) is 22.5. The van der Waals surface area contributed by atoms with Gasteiger partial charge in [-0.2, -0.15) is 0 Å². The third-order valence-electron chi connectivity index (χ3n) is 6.18. The standard InChI is InChI=1S/C23H29N7OS2/c1-15-3-5-17(6-4-15)13-24-20(31)21-26-25-19(33-21)14-32-23-28-27-22(30(23)18-7-8-18)29-11-9-16(2)10-12-29/h3-6,16,18H,7-14H2,1-2H3,(H,24,31). The Morgan fingerprint density at radius 1 is 1.09 bits per heavy atom. The van der Waals surface area contributed by atoms with E-state index in [1.54, 1.807) is 11.8 Å². The Labute approximate surface area is 202 Å². The summed E-state index contributed by atoms with van der Waals surface area (Å²) in [6.07, 6.45) is 4.79. The Morgan fingerprint density at radius 3 is 2.58 bits per heavy atom. The molecule has 0 bridgehead atoms. The monoisotopic (exact) mass is 483 g/mol. The first-order chi connectivity index (χ1) is 16.1. The van der Waals surface area contributed by atoms with Crippen molar-refractivity contribution in [2.45, 2.75) is 63.0 Å². The van der Waals surface area contributed by atoms with Crippen LogP contribution in [0.25, 0.3) is 0 Å². The predicted molar refractivity (Wildman–Crippen MR) is 131 cm³/mol. The summed E-state index contributed by atoms with van der Waals surface area (Å²) in [7, 11) is 0. The van der Waals surface area contributed by atoms with Crippen LogP contribution in [0, 0.1) is 12.8 Å². The van der Waals surface area contributed by atoms with Crippen molar-refractivity contribution in [3.63, 3.8) is 0 Å². The van der Waals surface area contributed by atoms with E-state index in [2.05, 4.69) is 42.1 Å². The van der Waals surface area contributed by atoms with Crippen LogP contribution in [0.1, 0.15) is 64.6 Å². The van der Waals surface area contributed by atoms with E-state index in [0.29, 0.717) is 23.3 Å². The number of hydrogen-bond acceptors (Lipinski definition) is 8. The molecule has 5 rings (SSSR count). The van der Waals surface area contributed by atoms with E-state index in [9.17, 15) is 4.79 Å². The molecule has 0 atom stereocenters. The molecular weight excluding hydrogens is 454 g/mol. The van der Waals surface area contributed by atoms with Crippen molar-refractivity contribution in [1.82, 2.24) is 30.3 Å². The van der Waals surface area contributed by atoms with E-state index in [4.69, 9.17) is 0 Å². The lowest BCUT2D eigenvalue weighted by Crippen LogP contribution is -2.34. The van der Waals surface area contributed by atoms with Crippen LogP contribution in [0.3, 0.4) is 0 Å². The second-order valence-electron chi connectivity index (χ2n) is 9.01. The maximum atomic E-state index is 12.5. The fraction of sp³-hybridized carbons (Fsp3) is 0.522. The molecule has 3 heterocycles. The van der Waals surface area contributed by atoms with E-state index in [1.807, 2.05) is 31.2 Å². The lowest BCUT2D eigenvalue weighted by Gasteiger charge is -2.31. The maximum Gasteiger partial charge on any atom is 0.282 e. The zero-order chi connectivity index (χ0) is 22.8. The molecule has 1 amide bonds. The van der Waals surface area contributed by atoms with Crippen molar-refractivity contribution < 1.29 is 4.79 Å². The fourth-order valence-corrected chi connectivity index (χ4v) is 5.68. The summed E-state index contributed by atoms with van der Waals surface area (Å²) < 4.78 is 2.32. The van der Waals surface area contributed by atoms with Crippen LogP contribution in [0.5, 0.6) is 0 Å². The number of amides is 1. The Hall–Kier alpha value is -2.46. The van der Waals surface area contributed by atoms with Crippen LogP contribution in [-0.2, 0) is 12.3 Å². The molecule has 2 aliphatic rings. The molecule has 33 heavy (non-hydrogen) atoms. The molecule has 174 valence electrons. The summed E-state index contributed by atoms with van der Waals surface area (Å²) in [5.41, 5.74) is 2.26. The average Bonchev–Trinajstić information content (AvgIpc) is 3.39. The van der Waals surface area contributed by atoms with Crippen molar-refractivity contribution in [3.8, 4) is 0 Å². The molecule has 8 nitrogen and oxygen atoms in total. The number of piperidine rings is 1. The highest BCUT2D eigenvalue weighted by Crippen LogP contribution is 2.42. The van der Waals surface area contributed by atoms with Crippen LogP contribution in [0.4, 0.5) is 5.95 Å². The number of nitrogens with one attached hydrogen (secondary N) is 1. The van der Waals surface area contributed by atoms with Gasteiger partial charge in [-0.3, -0.25) is 9.36 Å². The third kappa shape index (κ3) is 5.38. The number of thioether (sulfide) groups is 1. The number of aromatic nitrogens is 5. The molecule has 3 aromatic rings. The lowest BCUT2D eigenvalue weighted by atomic mass is 10.00. The molecule has 0 radical (unpaired) electrons. The van der Waals surface area contributed by atoms with E-state index >= 15 is 0 Å². The third-order valence-corrected chi connectivity index (χ3v) is 8.24. The minimum Gasteiger partial charge on any atom is -0.346 e. The number of anilines is 1. The SMILES string of the molecule is Cc1ccc(CNC(=O)c2nnc(CSc3nnc(N4CCC(C)CC4)n3C3CC3)s2)cc1. The molecule has 0 spiro atoms. The smallest absolute Gasteiger partial charge is 0.282 e. The Bertz CT molecular complexity index is 1100. The van der Waals surface area contributed by atoms with E-state index in [-0.39, 0.29) is 5.91 Å². The van der Waals surface area contributed by atoms with Gasteiger partial charge in [0, 0.05) is 25.7 Å². The summed E-state index contributed by atoms with van der Waals surface area (Å²) in [6.45, 7) is 6.95. The molecule has 2 fully saturated rings. The van der Waals surface area contributed by atoms with Gasteiger partial charge in [-0.25, -0.2) is 0 Å². The number of rotatable bonds is 8. The molecule has 1 saturated carbocycles. The van der Waals surface area contributed by atoms with Gasteiger partial charge in [-0.15, -0.1) is 20.4 Å². The molecule has 0 unspecified atom stereocenters. The van der Waals surface area contributed by atoms with Gasteiger partial charge < -0.3 is 10.2 Å². The van der Waals surface area contributed by atoms with Gasteiger partial charge in [0.2, 0.25) is 11.0 Å². The van der Waals surface area contributed by atoms with Crippen molar-refractivity contribution in [1.29, 1.82) is 0 Å². The van der Waals surface area contributed by atoms with Gasteiger partial charge in [-0.05, 0) is 44.1 Å². The minimum atomic E-state index is -0.188. The first kappa shape index (κ1) is 22.3. The number of carbonyl (C=O) groups excluding carboxylic acids is 1. The van der Waals surface area contributed by atoms with E-state index in [0.717, 1.165) is 40.7 Å². The molecule has 1 N–H and O–H groups in total. The molecule has 1 aliphatic carbocycles. The first-order valence-corrected chi connectivity index (χ1v) is 13.4. The maximum absolute atomic E-state index is 12.5. The molecule has 2 aromatic heterocycles. The highest BCUT2D eigenvalue weighted by molar-refractivity contribution is 7.98. The zero-order valence-electron chi connectivity index (χ0n) is 19.0. The van der Waals surface area contributed by atoms with Crippen LogP contribution in [0.2, 0.25) is 0 Å². The quantitative estimate of drug-likeness (QED) is 0.480. The first-order valence-electron chi connectivity index (χ1n) is 11.6. The van der Waals surface area contributed by atoms with Gasteiger partial charge >= 0.3 is 0 Å². The number of hydrogen-bond donors (Lipinski definition) is 1. The van der Waals surface area contributed by atoms with Crippen molar-refractivity contribution in [3.05, 3.63) is 45.4 Å². The predicted octanol–water partition coefficient (Wildman–Crippen LogP) is 4.23. The fourth-order valence-electron chi connectivity index (χ4n) is 3.94. The molecule has 10 heteroatoms. The summed E-state index contributed by atoms with van der Waals surface area (Å²) in [5.74, 6) is 2.24. The second kappa shape index (κ2) is 9.80. The van der Waals surface area contributed by atoms with Crippen LogP contribution in [-0.4, -0.2) is 44.0 Å². The second-order valence-corrected chi connectivity index (χ2v) is 11.0. The van der Waals surface area contributed by atoms with Gasteiger partial charge in [0.15, 0.2) is 5.16 Å². The van der Waals surface area contributed by atoms with Gasteiger partial charge in [-0.1, -0.05) is 59.9 Å². The Balaban J connectivity index is 1.19. The van der Waals surface area contributed by atoms with Crippen LogP contribution >= 0.6 is 23.1 Å². The lowest BCUT2D eigenvalue weighted by molar-refractivity contribution is 0.0950. The van der Waals surface area contributed by atoms with Crippen molar-refractivity contribution in [2.75, 3.05) is 18.0 Å². The van der Waals surface area contributed by atoms with Gasteiger partial charge in [0.1, 0.15) is 5.01 Å². The number of carbonyl (C=O) groups is 1. The molecule has 1 aromatic carbocycles. The highest BCUT2D eigenvalue weighted by Gasteiger charge is 2.32. The van der Waals surface area contributed by atoms with Crippen molar-refractivity contribution in [2.24, 2.45) is 5.92 Å². The summed E-state index contributed by atoms with van der Waals surface area (Å²) in [6, 6.07) is 8.63. The van der Waals surface area contributed by atoms with Gasteiger partial charge in [0.05, 0.1) is 5.75 Å². The molecule has 1 saturated heterocycles. The number of benzene rings is 1. The molecule has 1 aliphatic heterocycles. The summed E-state index contributed by atoms with van der Waals surface area (Å²) >= 11 is 2.97. The minimum absolute atomic E-state index is 0.188. The number of nitrogens with zero attached hydrogens (tertiary/aromatic N) is 6.